The Hall–Kier alpha value is -4.33. The minimum absolute atomic E-state index is 0.0374. The zero-order chi connectivity index (χ0) is 74.3. The quantitative estimate of drug-likeness (QED) is 0.0696. The molecule has 11 aliphatic rings. The molecule has 0 spiro atoms. The van der Waals surface area contributed by atoms with Crippen LogP contribution in [0.2, 0.25) is 0 Å². The van der Waals surface area contributed by atoms with Gasteiger partial charge >= 0.3 is 5.97 Å². The third-order valence-corrected chi connectivity index (χ3v) is 25.9. The van der Waals surface area contributed by atoms with Crippen LogP contribution in [-0.2, 0) is 52.2 Å². The van der Waals surface area contributed by atoms with Crippen LogP contribution in [0, 0.1) is 57.2 Å². The molecule has 29 nitrogen and oxygen atoms in total. The van der Waals surface area contributed by atoms with Crippen LogP contribution in [-0.4, -0.2) is 273 Å². The molecule has 29 heteroatoms. The topological polar surface area (TPSA) is 467 Å². The number of carbonyl (C=O) groups excluding carboxylic acids is 3. The number of carbonyl (C=O) groups is 3. The van der Waals surface area contributed by atoms with E-state index in [9.17, 15) is 91.3 Å². The van der Waals surface area contributed by atoms with E-state index in [0.717, 1.165) is 24.8 Å². The lowest BCUT2D eigenvalue weighted by molar-refractivity contribution is -0.374. The van der Waals surface area contributed by atoms with Crippen molar-refractivity contribution < 1.29 is 143 Å². The van der Waals surface area contributed by atoms with Crippen molar-refractivity contribution in [3.05, 3.63) is 69.8 Å². The van der Waals surface area contributed by atoms with Gasteiger partial charge in [0, 0.05) is 11.1 Å². The van der Waals surface area contributed by atoms with Gasteiger partial charge in [0.15, 0.2) is 37.0 Å². The van der Waals surface area contributed by atoms with Gasteiger partial charge in [-0.05, 0) is 147 Å². The highest BCUT2D eigenvalue weighted by Gasteiger charge is 2.72. The Labute approximate surface area is 590 Å². The number of hydrogen-bond donors (Lipinski definition) is 16. The number of aliphatic hydroxyl groups excluding tert-OH is 14. The third-order valence-electron chi connectivity index (χ3n) is 25.9. The first-order chi connectivity index (χ1) is 47.8. The van der Waals surface area contributed by atoms with Crippen LogP contribution in [0.1, 0.15) is 158 Å². The van der Waals surface area contributed by atoms with Crippen LogP contribution in [0.25, 0.3) is 0 Å². The van der Waals surface area contributed by atoms with E-state index in [0.29, 0.717) is 31.2 Å². The maximum atomic E-state index is 15.4. The number of aryl methyl sites for hydroxylation is 1. The molecule has 13 rings (SSSR count). The molecule has 0 bridgehead atoms. The van der Waals surface area contributed by atoms with Crippen LogP contribution in [0.3, 0.4) is 0 Å². The van der Waals surface area contributed by atoms with Gasteiger partial charge < -0.3 is 129 Å². The standard InChI is InChI=1S/C58H94O25.C15H10O4/c1-23-44(80-47-40(69)34(63)27(60)21-74-47)38(67)42(71)48(76-23)79-33-13-14-55(7)30(54(33,5)6)12-15-56(8)31(55)11-10-25-26-18-53(3,4)16-17-58(26,32(62)19-57(25,56)9)52(73)83-51-46(35(64)28(61)22-75-51)82-49-43(72)39(68)45(24(2)77-49)81-50-41(70)37(66)36(65)29(20-59)78-50;1-7-5-9-13(11(17)6-7)15(19)12-8(14(9)18)3-2-4-10(12)16/h10,23-24,26-51,59-72H,11-22H2,1-9H3;2-6,16-17H,1H3. The average molecular weight is 1450 g/mol. The molecular formula is C73H104O29. The summed E-state index contributed by atoms with van der Waals surface area (Å²) in [5.41, 5.74) is -1.31. The first kappa shape index (κ1) is 77.3. The molecule has 2 aromatic rings. The maximum absolute atomic E-state index is 15.4. The van der Waals surface area contributed by atoms with E-state index in [1.807, 2.05) is 0 Å². The minimum Gasteiger partial charge on any atom is -0.507 e. The number of ketones is 2. The molecule has 5 aliphatic heterocycles. The smallest absolute Gasteiger partial charge is 0.317 e. The SMILES string of the molecule is CC1OC(OC2CCC3(C)C(CCC4(C)C3CC=C3C5CC(C)(C)CCC5(C(=O)OC5OCC(O)C(O)C5OC5OC(C)C(OC6OC(CO)C(O)C(O)C6O)C(O)C5O)C(O)CC34C)C2(C)C)C(O)C(O)C1OC1OCC(O)C(O)C1O.Cc1cc(O)c2c(c1)C(=O)c1cccc(O)c1C2=O. The molecule has 32 unspecified atom stereocenters. The Morgan fingerprint density at radius 3 is 1.77 bits per heavy atom. The normalized spacial score (nSPS) is 47.3. The molecular weight excluding hydrogens is 1340 g/mol. The van der Waals surface area contributed by atoms with E-state index < -0.39 is 201 Å². The zero-order valence-electron chi connectivity index (χ0n) is 59.1. The minimum atomic E-state index is -1.93. The summed E-state index contributed by atoms with van der Waals surface area (Å²) in [5.74, 6) is -2.37. The molecule has 0 aromatic heterocycles. The molecule has 9 fully saturated rings. The van der Waals surface area contributed by atoms with E-state index in [-0.39, 0.29) is 87.1 Å². The Morgan fingerprint density at radius 1 is 0.559 bits per heavy atom. The molecule has 5 saturated heterocycles. The monoisotopic (exact) mass is 1440 g/mol. The predicted molar refractivity (Wildman–Crippen MR) is 350 cm³/mol. The molecule has 102 heavy (non-hydrogen) atoms. The first-order valence-electron chi connectivity index (χ1n) is 35.7. The number of rotatable bonds is 11. The van der Waals surface area contributed by atoms with Crippen molar-refractivity contribution >= 4 is 17.5 Å². The van der Waals surface area contributed by atoms with Crippen molar-refractivity contribution in [2.75, 3.05) is 19.8 Å². The van der Waals surface area contributed by atoms with Crippen molar-refractivity contribution in [2.45, 2.75) is 281 Å². The lowest BCUT2D eigenvalue weighted by Gasteiger charge is -2.71. The van der Waals surface area contributed by atoms with Crippen LogP contribution >= 0.6 is 0 Å². The van der Waals surface area contributed by atoms with Gasteiger partial charge in [-0.15, -0.1) is 0 Å². The van der Waals surface area contributed by atoms with Gasteiger partial charge in [0.05, 0.1) is 55.4 Å². The molecule has 16 N–H and O–H groups in total. The summed E-state index contributed by atoms with van der Waals surface area (Å²) in [6.45, 7) is 18.9. The number of ether oxygens (including phenoxy) is 10. The average Bonchev–Trinajstić information content (AvgIpc) is 0.670. The lowest BCUT2D eigenvalue weighted by Crippen LogP contribution is -2.68. The Balaban J connectivity index is 0.000000443. The van der Waals surface area contributed by atoms with Gasteiger partial charge in [-0.3, -0.25) is 14.4 Å². The summed E-state index contributed by atoms with van der Waals surface area (Å²) in [4.78, 5) is 40.1. The molecule has 0 radical (unpaired) electrons. The lowest BCUT2D eigenvalue weighted by atomic mass is 9.33. The molecule has 2 aromatic carbocycles. The number of allylic oxidation sites excluding steroid dienone is 2. The summed E-state index contributed by atoms with van der Waals surface area (Å²) in [6, 6.07) is 7.36. The van der Waals surface area contributed by atoms with Crippen molar-refractivity contribution in [1.29, 1.82) is 0 Å². The molecule has 4 saturated carbocycles. The van der Waals surface area contributed by atoms with Gasteiger partial charge in [0.25, 0.3) is 0 Å². The number of esters is 1. The number of fused-ring (bicyclic) bond motifs is 9. The number of hydrogen-bond acceptors (Lipinski definition) is 29. The van der Waals surface area contributed by atoms with Crippen LogP contribution in [0.4, 0.5) is 0 Å². The highest BCUT2D eigenvalue weighted by atomic mass is 16.8. The fourth-order valence-corrected chi connectivity index (χ4v) is 19.9. The van der Waals surface area contributed by atoms with Crippen molar-refractivity contribution in [2.24, 2.45) is 50.2 Å². The van der Waals surface area contributed by atoms with E-state index in [2.05, 4.69) is 54.5 Å². The summed E-state index contributed by atoms with van der Waals surface area (Å²) >= 11 is 0. The molecule has 32 atom stereocenters. The van der Waals surface area contributed by atoms with E-state index in [1.165, 1.54) is 31.2 Å². The second-order valence-corrected chi connectivity index (χ2v) is 32.8. The largest absolute Gasteiger partial charge is 0.507 e. The molecule has 6 aliphatic carbocycles. The molecule has 5 heterocycles. The Bertz CT molecular complexity index is 3460. The van der Waals surface area contributed by atoms with Crippen molar-refractivity contribution in [1.82, 2.24) is 0 Å². The van der Waals surface area contributed by atoms with Gasteiger partial charge in [0.2, 0.25) is 12.1 Å². The van der Waals surface area contributed by atoms with Crippen molar-refractivity contribution in [3.8, 4) is 11.5 Å². The first-order valence-corrected chi connectivity index (χ1v) is 35.7. The Kier molecular flexibility index (Phi) is 21.5. The van der Waals surface area contributed by atoms with Gasteiger partial charge in [-0.25, -0.2) is 0 Å². The number of aliphatic hydroxyl groups is 14. The summed E-state index contributed by atoms with van der Waals surface area (Å²) < 4.78 is 59.6. The summed E-state index contributed by atoms with van der Waals surface area (Å²) in [7, 11) is 0. The number of phenolic OH excluding ortho intramolecular Hbond substituents is 2. The van der Waals surface area contributed by atoms with Gasteiger partial charge in [-0.2, -0.15) is 0 Å². The molecule has 0 amide bonds. The van der Waals surface area contributed by atoms with E-state index >= 15 is 4.79 Å². The van der Waals surface area contributed by atoms with Crippen LogP contribution in [0.5, 0.6) is 11.5 Å². The van der Waals surface area contributed by atoms with Gasteiger partial charge in [-0.1, -0.05) is 72.2 Å². The fraction of sp³-hybridized carbons (Fsp3) is 0.767. The fourth-order valence-electron chi connectivity index (χ4n) is 19.9. The molecule has 570 valence electrons. The van der Waals surface area contributed by atoms with E-state index in [4.69, 9.17) is 47.4 Å². The zero-order valence-corrected chi connectivity index (χ0v) is 59.1. The second-order valence-electron chi connectivity index (χ2n) is 32.8. The Morgan fingerprint density at radius 2 is 1.13 bits per heavy atom. The second kappa shape index (κ2) is 28.3. The highest BCUT2D eigenvalue weighted by Crippen LogP contribution is 2.76. The highest BCUT2D eigenvalue weighted by molar-refractivity contribution is 6.30. The van der Waals surface area contributed by atoms with Crippen LogP contribution in [0.15, 0.2) is 42.0 Å². The predicted octanol–water partition coefficient (Wildman–Crippen LogP) is 0.275. The summed E-state index contributed by atoms with van der Waals surface area (Å²) in [5, 5.41) is 172. The number of aromatic hydroxyl groups is 2. The third kappa shape index (κ3) is 12.8. The maximum Gasteiger partial charge on any atom is 0.317 e. The number of phenols is 2. The van der Waals surface area contributed by atoms with Crippen molar-refractivity contribution in [3.63, 3.8) is 0 Å². The van der Waals surface area contributed by atoms with Gasteiger partial charge in [0.1, 0.15) is 108 Å². The number of benzene rings is 2. The van der Waals surface area contributed by atoms with E-state index in [1.54, 1.807) is 19.9 Å². The summed E-state index contributed by atoms with van der Waals surface area (Å²) in [6.07, 6.45) is -29.2. The van der Waals surface area contributed by atoms with Crippen LogP contribution < -0.4 is 0 Å².